The van der Waals surface area contributed by atoms with Crippen LogP contribution in [-0.2, 0) is 14.3 Å². The van der Waals surface area contributed by atoms with Crippen molar-refractivity contribution in [3.8, 4) is 0 Å². The lowest BCUT2D eigenvalue weighted by Gasteiger charge is -2.36. The molecule has 3 amide bonds. The fraction of sp³-hybridized carbons (Fsp3) is 0.700. The van der Waals surface area contributed by atoms with Crippen molar-refractivity contribution in [3.05, 3.63) is 34.9 Å². The lowest BCUT2D eigenvalue weighted by atomic mass is 9.96. The lowest BCUT2D eigenvalue weighted by molar-refractivity contribution is -0.143. The first kappa shape index (κ1) is 32.5. The molecule has 2 unspecified atom stereocenters. The van der Waals surface area contributed by atoms with Gasteiger partial charge >= 0.3 is 6.09 Å². The Kier molecular flexibility index (Phi) is 13.7. The Labute approximate surface area is 225 Å². The van der Waals surface area contributed by atoms with Gasteiger partial charge in [0, 0.05) is 13.1 Å². The lowest BCUT2D eigenvalue weighted by Crippen LogP contribution is -2.55. The Morgan fingerprint density at radius 1 is 0.946 bits per heavy atom. The SMILES string of the molecule is CCCCCCN(C(=O)C(NC(=O)OC(C)(C)C)C(C)C)C(C(=O)NCCCC)c1ccc(C)c(C)c1. The Balaban J connectivity index is 3.47. The van der Waals surface area contributed by atoms with E-state index in [0.29, 0.717) is 13.1 Å². The maximum atomic E-state index is 14.1. The first-order chi connectivity index (χ1) is 17.3. The number of benzene rings is 1. The van der Waals surface area contributed by atoms with Gasteiger partial charge < -0.3 is 20.3 Å². The van der Waals surface area contributed by atoms with Gasteiger partial charge in [0.25, 0.3) is 0 Å². The summed E-state index contributed by atoms with van der Waals surface area (Å²) in [6.45, 7) is 18.4. The second kappa shape index (κ2) is 15.6. The molecule has 0 aliphatic carbocycles. The quantitative estimate of drug-likeness (QED) is 0.287. The van der Waals surface area contributed by atoms with Crippen LogP contribution in [0.1, 0.15) is 110 Å². The minimum Gasteiger partial charge on any atom is -0.444 e. The van der Waals surface area contributed by atoms with E-state index in [-0.39, 0.29) is 17.7 Å². The van der Waals surface area contributed by atoms with Crippen LogP contribution in [0.4, 0.5) is 4.79 Å². The summed E-state index contributed by atoms with van der Waals surface area (Å²) in [7, 11) is 0. The van der Waals surface area contributed by atoms with Gasteiger partial charge in [-0.1, -0.05) is 71.6 Å². The molecule has 7 nitrogen and oxygen atoms in total. The highest BCUT2D eigenvalue weighted by Gasteiger charge is 2.37. The van der Waals surface area contributed by atoms with Crippen LogP contribution < -0.4 is 10.6 Å². The highest BCUT2D eigenvalue weighted by molar-refractivity contribution is 5.92. The summed E-state index contributed by atoms with van der Waals surface area (Å²) < 4.78 is 5.45. The number of carbonyl (C=O) groups is 3. The molecule has 1 rings (SSSR count). The van der Waals surface area contributed by atoms with Crippen LogP contribution in [0.25, 0.3) is 0 Å². The first-order valence-electron chi connectivity index (χ1n) is 14.0. The van der Waals surface area contributed by atoms with Crippen LogP contribution in [0.3, 0.4) is 0 Å². The number of amides is 3. The van der Waals surface area contributed by atoms with Crippen LogP contribution in [0, 0.1) is 19.8 Å². The summed E-state index contributed by atoms with van der Waals surface area (Å²) in [5.41, 5.74) is 2.28. The van der Waals surface area contributed by atoms with Crippen molar-refractivity contribution < 1.29 is 19.1 Å². The van der Waals surface area contributed by atoms with E-state index in [1.54, 1.807) is 25.7 Å². The molecule has 0 bridgehead atoms. The van der Waals surface area contributed by atoms with Gasteiger partial charge in [-0.3, -0.25) is 9.59 Å². The molecule has 0 aromatic heterocycles. The van der Waals surface area contributed by atoms with E-state index in [2.05, 4.69) is 24.5 Å². The average Bonchev–Trinajstić information content (AvgIpc) is 2.80. The molecule has 0 aliphatic rings. The molecule has 0 saturated carbocycles. The Morgan fingerprint density at radius 3 is 2.14 bits per heavy atom. The molecule has 7 heteroatoms. The van der Waals surface area contributed by atoms with Crippen molar-refractivity contribution in [1.82, 2.24) is 15.5 Å². The second-order valence-corrected chi connectivity index (χ2v) is 11.4. The van der Waals surface area contributed by atoms with Gasteiger partial charge in [-0.25, -0.2) is 4.79 Å². The predicted molar refractivity (Wildman–Crippen MR) is 150 cm³/mol. The van der Waals surface area contributed by atoms with Gasteiger partial charge in [0.2, 0.25) is 11.8 Å². The Morgan fingerprint density at radius 2 is 1.59 bits per heavy atom. The van der Waals surface area contributed by atoms with Crippen molar-refractivity contribution in [2.24, 2.45) is 5.92 Å². The van der Waals surface area contributed by atoms with E-state index in [0.717, 1.165) is 55.2 Å². The molecule has 0 heterocycles. The molecule has 2 N–H and O–H groups in total. The summed E-state index contributed by atoms with van der Waals surface area (Å²) in [6, 6.07) is 4.32. The van der Waals surface area contributed by atoms with Crippen LogP contribution >= 0.6 is 0 Å². The molecule has 0 saturated heterocycles. The minimum absolute atomic E-state index is 0.193. The molecule has 1 aromatic rings. The molecule has 1 aromatic carbocycles. The Hall–Kier alpha value is -2.57. The fourth-order valence-electron chi connectivity index (χ4n) is 4.09. The van der Waals surface area contributed by atoms with E-state index in [1.807, 2.05) is 45.9 Å². The molecule has 0 fully saturated rings. The molecular formula is C30H51N3O4. The molecular weight excluding hydrogens is 466 g/mol. The van der Waals surface area contributed by atoms with Crippen molar-refractivity contribution in [2.45, 2.75) is 119 Å². The van der Waals surface area contributed by atoms with Crippen molar-refractivity contribution in [2.75, 3.05) is 13.1 Å². The van der Waals surface area contributed by atoms with E-state index < -0.39 is 23.8 Å². The third-order valence-corrected chi connectivity index (χ3v) is 6.38. The van der Waals surface area contributed by atoms with Crippen LogP contribution in [-0.4, -0.2) is 47.5 Å². The number of hydrogen-bond donors (Lipinski definition) is 2. The number of carbonyl (C=O) groups excluding carboxylic acids is 3. The van der Waals surface area contributed by atoms with E-state index in [1.165, 1.54) is 0 Å². The molecule has 2 atom stereocenters. The smallest absolute Gasteiger partial charge is 0.408 e. The minimum atomic E-state index is -0.821. The van der Waals surface area contributed by atoms with Gasteiger partial charge in [-0.05, 0) is 70.1 Å². The number of rotatable bonds is 14. The van der Waals surface area contributed by atoms with E-state index >= 15 is 0 Å². The Bertz CT molecular complexity index is 876. The zero-order valence-corrected chi connectivity index (χ0v) is 24.7. The summed E-state index contributed by atoms with van der Waals surface area (Å²) >= 11 is 0. The number of aryl methyl sites for hydroxylation is 2. The topological polar surface area (TPSA) is 87.7 Å². The summed E-state index contributed by atoms with van der Waals surface area (Å²) in [6.07, 6.45) is 5.06. The maximum absolute atomic E-state index is 14.1. The first-order valence-corrected chi connectivity index (χ1v) is 14.0. The highest BCUT2D eigenvalue weighted by Crippen LogP contribution is 2.26. The van der Waals surface area contributed by atoms with Crippen molar-refractivity contribution in [3.63, 3.8) is 0 Å². The van der Waals surface area contributed by atoms with Crippen LogP contribution in [0.15, 0.2) is 18.2 Å². The molecule has 0 spiro atoms. The van der Waals surface area contributed by atoms with Gasteiger partial charge in [0.05, 0.1) is 0 Å². The number of nitrogens with one attached hydrogen (secondary N) is 2. The highest BCUT2D eigenvalue weighted by atomic mass is 16.6. The zero-order chi connectivity index (χ0) is 28.2. The number of unbranched alkanes of at least 4 members (excludes halogenated alkanes) is 4. The van der Waals surface area contributed by atoms with Gasteiger partial charge in [0.15, 0.2) is 0 Å². The van der Waals surface area contributed by atoms with Crippen molar-refractivity contribution in [1.29, 1.82) is 0 Å². The number of alkyl carbamates (subject to hydrolysis) is 1. The van der Waals surface area contributed by atoms with Crippen molar-refractivity contribution >= 4 is 17.9 Å². The summed E-state index contributed by atoms with van der Waals surface area (Å²) in [5.74, 6) is -0.659. The average molecular weight is 518 g/mol. The number of ether oxygens (including phenoxy) is 1. The predicted octanol–water partition coefficient (Wildman–Crippen LogP) is 6.22. The van der Waals surface area contributed by atoms with Gasteiger partial charge in [-0.2, -0.15) is 0 Å². The normalized spacial score (nSPS) is 13.1. The molecule has 0 radical (unpaired) electrons. The number of nitrogens with zero attached hydrogens (tertiary/aromatic N) is 1. The standard InChI is InChI=1S/C30H51N3O4/c1-10-12-14-15-19-33(28(35)25(21(3)4)32-29(36)37-30(7,8)9)26(27(34)31-18-13-11-2)24-17-16-22(5)23(6)20-24/h16-17,20-21,25-26H,10-15,18-19H2,1-9H3,(H,31,34)(H,32,36). The monoisotopic (exact) mass is 517 g/mol. The third kappa shape index (κ3) is 11.1. The molecule has 210 valence electrons. The summed E-state index contributed by atoms with van der Waals surface area (Å²) in [4.78, 5) is 42.1. The second-order valence-electron chi connectivity index (χ2n) is 11.4. The van der Waals surface area contributed by atoms with Crippen LogP contribution in [0.2, 0.25) is 0 Å². The zero-order valence-electron chi connectivity index (χ0n) is 24.7. The molecule has 0 aliphatic heterocycles. The summed E-state index contributed by atoms with van der Waals surface area (Å²) in [5, 5.41) is 5.84. The van der Waals surface area contributed by atoms with Gasteiger partial charge in [0.1, 0.15) is 17.7 Å². The maximum Gasteiger partial charge on any atom is 0.408 e. The van der Waals surface area contributed by atoms with E-state index in [4.69, 9.17) is 4.74 Å². The van der Waals surface area contributed by atoms with Crippen LogP contribution in [0.5, 0.6) is 0 Å². The third-order valence-electron chi connectivity index (χ3n) is 6.38. The molecule has 37 heavy (non-hydrogen) atoms. The largest absolute Gasteiger partial charge is 0.444 e. The number of hydrogen-bond acceptors (Lipinski definition) is 4. The van der Waals surface area contributed by atoms with E-state index in [9.17, 15) is 14.4 Å². The van der Waals surface area contributed by atoms with Gasteiger partial charge in [-0.15, -0.1) is 0 Å². The fourth-order valence-corrected chi connectivity index (χ4v) is 4.09.